The molecule has 1 fully saturated rings. The fourth-order valence-corrected chi connectivity index (χ4v) is 3.82. The third kappa shape index (κ3) is 4.00. The second-order valence-electron chi connectivity index (χ2n) is 7.71. The Morgan fingerprint density at radius 1 is 1.32 bits per heavy atom. The molecule has 6 heteroatoms. The molecular weight excluding hydrogens is 324 g/mol. The van der Waals surface area contributed by atoms with Crippen LogP contribution >= 0.6 is 0 Å². The average Bonchev–Trinajstić information content (AvgIpc) is 2.56. The van der Waals surface area contributed by atoms with Crippen LogP contribution in [0.1, 0.15) is 52.9 Å². The molecule has 1 saturated carbocycles. The third-order valence-electron chi connectivity index (χ3n) is 5.52. The standard InChI is InChI=1S/C19H26O6/c1-12-6-7-19(24)15(10-18(19,2)3)13(11-20)9-14(8-12)25-17(23)5-4-16(21)22/h8-9,11,14-15,24H,4-7,10H2,1-3H3,(H,21,22)/b12-8-,13-9-/t14-,15-,19+/m1/s1. The first-order chi connectivity index (χ1) is 11.6. The van der Waals surface area contributed by atoms with E-state index in [-0.39, 0.29) is 24.2 Å². The summed E-state index contributed by atoms with van der Waals surface area (Å²) < 4.78 is 5.33. The highest BCUT2D eigenvalue weighted by Crippen LogP contribution is 2.59. The van der Waals surface area contributed by atoms with Crippen molar-refractivity contribution in [3.05, 3.63) is 23.3 Å². The highest BCUT2D eigenvalue weighted by atomic mass is 16.5. The smallest absolute Gasteiger partial charge is 0.307 e. The summed E-state index contributed by atoms with van der Waals surface area (Å²) in [6, 6.07) is 0. The first-order valence-electron chi connectivity index (χ1n) is 8.57. The van der Waals surface area contributed by atoms with E-state index in [0.717, 1.165) is 11.9 Å². The number of hydrogen-bond acceptors (Lipinski definition) is 5. The van der Waals surface area contributed by atoms with Crippen LogP contribution in [0.5, 0.6) is 0 Å². The van der Waals surface area contributed by atoms with Gasteiger partial charge in [-0.2, -0.15) is 0 Å². The maximum absolute atomic E-state index is 11.8. The van der Waals surface area contributed by atoms with Gasteiger partial charge in [-0.15, -0.1) is 0 Å². The van der Waals surface area contributed by atoms with Crippen LogP contribution in [0.15, 0.2) is 23.3 Å². The van der Waals surface area contributed by atoms with Crippen LogP contribution in [0.2, 0.25) is 0 Å². The first-order valence-corrected chi connectivity index (χ1v) is 8.57. The Kier molecular flexibility index (Phi) is 5.52. The molecule has 0 aromatic carbocycles. The van der Waals surface area contributed by atoms with Crippen molar-refractivity contribution in [2.45, 2.75) is 64.6 Å². The van der Waals surface area contributed by atoms with Gasteiger partial charge in [0.2, 0.25) is 0 Å². The number of aliphatic hydroxyl groups is 1. The summed E-state index contributed by atoms with van der Waals surface area (Å²) in [5.74, 6) is -1.97. The number of aliphatic carboxylic acids is 1. The van der Waals surface area contributed by atoms with Gasteiger partial charge in [0.05, 0.1) is 18.4 Å². The molecule has 0 aromatic rings. The molecule has 2 aliphatic carbocycles. The maximum atomic E-state index is 11.8. The number of fused-ring (bicyclic) bond motifs is 1. The lowest BCUT2D eigenvalue weighted by atomic mass is 9.49. The zero-order valence-electron chi connectivity index (χ0n) is 14.9. The van der Waals surface area contributed by atoms with Crippen molar-refractivity contribution in [2.75, 3.05) is 0 Å². The van der Waals surface area contributed by atoms with E-state index < -0.39 is 23.6 Å². The summed E-state index contributed by atoms with van der Waals surface area (Å²) in [5, 5.41) is 19.8. The number of hydrogen-bond donors (Lipinski definition) is 2. The quantitative estimate of drug-likeness (QED) is 0.449. The van der Waals surface area contributed by atoms with Gasteiger partial charge in [-0.1, -0.05) is 19.4 Å². The largest absolute Gasteiger partial charge is 0.481 e. The van der Waals surface area contributed by atoms with Gasteiger partial charge in [0.15, 0.2) is 0 Å². The molecule has 2 rings (SSSR count). The predicted molar refractivity (Wildman–Crippen MR) is 90.7 cm³/mol. The van der Waals surface area contributed by atoms with E-state index in [2.05, 4.69) is 0 Å². The van der Waals surface area contributed by atoms with Crippen LogP contribution in [0.3, 0.4) is 0 Å². The number of carbonyl (C=O) groups is 3. The van der Waals surface area contributed by atoms with Crippen LogP contribution in [0.4, 0.5) is 0 Å². The molecule has 0 amide bonds. The minimum absolute atomic E-state index is 0.219. The van der Waals surface area contributed by atoms with E-state index >= 15 is 0 Å². The molecule has 6 nitrogen and oxygen atoms in total. The second-order valence-corrected chi connectivity index (χ2v) is 7.71. The molecule has 2 N–H and O–H groups in total. The lowest BCUT2D eigenvalue weighted by molar-refractivity contribution is -0.191. The number of esters is 1. The zero-order chi connectivity index (χ0) is 18.8. The van der Waals surface area contributed by atoms with Crippen molar-refractivity contribution in [3.63, 3.8) is 0 Å². The van der Waals surface area contributed by atoms with Crippen molar-refractivity contribution in [2.24, 2.45) is 11.3 Å². The number of carboxylic acids is 1. The second kappa shape index (κ2) is 7.12. The zero-order valence-corrected chi connectivity index (χ0v) is 14.9. The minimum atomic E-state index is -1.07. The lowest BCUT2D eigenvalue weighted by Crippen LogP contribution is -2.62. The van der Waals surface area contributed by atoms with Crippen LogP contribution in [0, 0.1) is 11.3 Å². The molecule has 2 aliphatic rings. The summed E-state index contributed by atoms with van der Waals surface area (Å²) in [6.45, 7) is 5.88. The van der Waals surface area contributed by atoms with Crippen molar-refractivity contribution in [1.29, 1.82) is 0 Å². The lowest BCUT2D eigenvalue weighted by Gasteiger charge is -2.59. The molecule has 138 valence electrons. The molecule has 0 bridgehead atoms. The van der Waals surface area contributed by atoms with E-state index in [4.69, 9.17) is 9.84 Å². The summed E-state index contributed by atoms with van der Waals surface area (Å²) >= 11 is 0. The number of aldehydes is 1. The van der Waals surface area contributed by atoms with Gasteiger partial charge >= 0.3 is 11.9 Å². The number of rotatable bonds is 5. The van der Waals surface area contributed by atoms with Crippen LogP contribution in [-0.4, -0.2) is 40.1 Å². The van der Waals surface area contributed by atoms with Gasteiger partial charge in [0.1, 0.15) is 12.4 Å². The SMILES string of the molecule is C/C1=C/[C@@H](OC(=O)CCC(=O)O)/C=C(/C=O)[C@H]2CC(C)(C)[C@]2(O)CC1. The number of allylic oxidation sites excluding steroid dienone is 1. The van der Waals surface area contributed by atoms with Gasteiger partial charge < -0.3 is 14.9 Å². The first kappa shape index (κ1) is 19.4. The van der Waals surface area contributed by atoms with Gasteiger partial charge in [-0.05, 0) is 49.3 Å². The molecule has 0 radical (unpaired) electrons. The van der Waals surface area contributed by atoms with Crippen LogP contribution in [0.25, 0.3) is 0 Å². The Morgan fingerprint density at radius 2 is 2.00 bits per heavy atom. The Morgan fingerprint density at radius 3 is 2.56 bits per heavy atom. The Hall–Kier alpha value is -1.95. The highest BCUT2D eigenvalue weighted by Gasteiger charge is 2.60. The molecule has 0 aromatic heterocycles. The molecule has 0 saturated heterocycles. The molecule has 3 atom stereocenters. The normalized spacial score (nSPS) is 35.2. The van der Waals surface area contributed by atoms with E-state index in [1.807, 2.05) is 20.8 Å². The van der Waals surface area contributed by atoms with Crippen LogP contribution < -0.4 is 0 Å². The number of carbonyl (C=O) groups excluding carboxylic acids is 2. The summed E-state index contributed by atoms with van der Waals surface area (Å²) in [6.07, 6.45) is 4.67. The van der Waals surface area contributed by atoms with E-state index in [0.29, 0.717) is 24.8 Å². The van der Waals surface area contributed by atoms with Crippen LogP contribution in [-0.2, 0) is 19.1 Å². The van der Waals surface area contributed by atoms with Crippen molar-refractivity contribution >= 4 is 18.2 Å². The number of ether oxygens (including phenoxy) is 1. The van der Waals surface area contributed by atoms with Crippen molar-refractivity contribution < 1.29 is 29.3 Å². The topological polar surface area (TPSA) is 101 Å². The molecule has 0 spiro atoms. The Balaban J connectivity index is 2.24. The van der Waals surface area contributed by atoms with Gasteiger partial charge in [0, 0.05) is 5.92 Å². The van der Waals surface area contributed by atoms with Crippen molar-refractivity contribution in [1.82, 2.24) is 0 Å². The van der Waals surface area contributed by atoms with Gasteiger partial charge in [-0.25, -0.2) is 0 Å². The molecular formula is C19H26O6. The summed E-state index contributed by atoms with van der Waals surface area (Å²) in [5.41, 5.74) is 0.146. The summed E-state index contributed by atoms with van der Waals surface area (Å²) in [7, 11) is 0. The fraction of sp³-hybridized carbons (Fsp3) is 0.632. The Labute approximate surface area is 147 Å². The van der Waals surface area contributed by atoms with Crippen molar-refractivity contribution in [3.8, 4) is 0 Å². The monoisotopic (exact) mass is 350 g/mol. The summed E-state index contributed by atoms with van der Waals surface area (Å²) in [4.78, 5) is 34.0. The van der Waals surface area contributed by atoms with E-state index in [1.54, 1.807) is 12.2 Å². The van der Waals surface area contributed by atoms with E-state index in [1.165, 1.54) is 0 Å². The van der Waals surface area contributed by atoms with Gasteiger partial charge in [0.25, 0.3) is 0 Å². The Bertz CT molecular complexity index is 630. The fourth-order valence-electron chi connectivity index (χ4n) is 3.82. The highest BCUT2D eigenvalue weighted by molar-refractivity contribution is 5.78. The molecule has 0 heterocycles. The third-order valence-corrected chi connectivity index (χ3v) is 5.52. The number of carboxylic acid groups (broad SMARTS) is 1. The average molecular weight is 350 g/mol. The minimum Gasteiger partial charge on any atom is -0.481 e. The molecule has 0 unspecified atom stereocenters. The maximum Gasteiger partial charge on any atom is 0.307 e. The van der Waals surface area contributed by atoms with E-state index in [9.17, 15) is 19.5 Å². The predicted octanol–water partition coefficient (Wildman–Crippen LogP) is 2.41. The van der Waals surface area contributed by atoms with Gasteiger partial charge in [-0.3, -0.25) is 14.4 Å². The molecule has 25 heavy (non-hydrogen) atoms. The molecule has 0 aliphatic heterocycles.